The maximum Gasteiger partial charge on any atom is 0.348 e. The number of carboxylic acids is 1. The maximum absolute atomic E-state index is 10.8. The van der Waals surface area contributed by atoms with Crippen LogP contribution in [-0.2, 0) is 9.63 Å². The van der Waals surface area contributed by atoms with Gasteiger partial charge in [-0.05, 0) is 28.1 Å². The van der Waals surface area contributed by atoms with Crippen molar-refractivity contribution < 1.29 is 24.2 Å². The summed E-state index contributed by atoms with van der Waals surface area (Å²) in [6, 6.07) is 3.57. The Morgan fingerprint density at radius 2 is 2.28 bits per heavy atom. The summed E-state index contributed by atoms with van der Waals surface area (Å²) < 4.78 is 11.3. The van der Waals surface area contributed by atoms with Crippen LogP contribution in [-0.4, -0.2) is 29.7 Å². The average molecular weight is 314 g/mol. The molecule has 0 amide bonds. The van der Waals surface area contributed by atoms with Crippen LogP contribution in [0.2, 0.25) is 0 Å². The Morgan fingerprint density at radius 3 is 3.00 bits per heavy atom. The Bertz CT molecular complexity index is 557. The zero-order valence-corrected chi connectivity index (χ0v) is 10.6. The van der Waals surface area contributed by atoms with Gasteiger partial charge in [0, 0.05) is 12.0 Å². The van der Waals surface area contributed by atoms with E-state index in [1.54, 1.807) is 12.1 Å². The van der Waals surface area contributed by atoms with Gasteiger partial charge >= 0.3 is 5.97 Å². The maximum atomic E-state index is 10.8. The standard InChI is InChI=1S/C11H8BrNO5/c12-6-1-5(2-8-10(6)17-4-16-8)7-3-9(11(14)15)18-13-7/h1-2,9H,3-4H2,(H,14,15). The van der Waals surface area contributed by atoms with Gasteiger partial charge in [0.15, 0.2) is 11.5 Å². The van der Waals surface area contributed by atoms with Crippen LogP contribution in [0.1, 0.15) is 12.0 Å². The normalized spacial score (nSPS) is 20.5. The Labute approximate surface area is 110 Å². The predicted molar refractivity (Wildman–Crippen MR) is 63.9 cm³/mol. The number of fused-ring (bicyclic) bond motifs is 1. The highest BCUT2D eigenvalue weighted by Gasteiger charge is 2.29. The van der Waals surface area contributed by atoms with Crippen molar-refractivity contribution in [1.29, 1.82) is 0 Å². The lowest BCUT2D eigenvalue weighted by Gasteiger charge is -2.04. The van der Waals surface area contributed by atoms with E-state index >= 15 is 0 Å². The number of hydrogen-bond donors (Lipinski definition) is 1. The lowest BCUT2D eigenvalue weighted by atomic mass is 10.0. The van der Waals surface area contributed by atoms with E-state index in [-0.39, 0.29) is 13.2 Å². The minimum absolute atomic E-state index is 0.179. The Hall–Kier alpha value is -1.76. The van der Waals surface area contributed by atoms with Crippen molar-refractivity contribution in [3.05, 3.63) is 22.2 Å². The van der Waals surface area contributed by atoms with E-state index in [0.717, 1.165) is 10.0 Å². The van der Waals surface area contributed by atoms with E-state index in [1.807, 2.05) is 0 Å². The van der Waals surface area contributed by atoms with Gasteiger partial charge in [0.05, 0.1) is 10.2 Å². The number of aliphatic carboxylic acids is 1. The molecule has 6 nitrogen and oxygen atoms in total. The highest BCUT2D eigenvalue weighted by atomic mass is 79.9. The van der Waals surface area contributed by atoms with Crippen LogP contribution in [0.25, 0.3) is 0 Å². The number of carboxylic acid groups (broad SMARTS) is 1. The molecule has 0 radical (unpaired) electrons. The molecule has 1 atom stereocenters. The van der Waals surface area contributed by atoms with E-state index in [9.17, 15) is 4.79 Å². The lowest BCUT2D eigenvalue weighted by molar-refractivity contribution is -0.148. The van der Waals surface area contributed by atoms with E-state index in [0.29, 0.717) is 17.2 Å². The molecule has 0 saturated carbocycles. The Morgan fingerprint density at radius 1 is 1.44 bits per heavy atom. The molecule has 1 N–H and O–H groups in total. The molecule has 2 aliphatic heterocycles. The molecule has 7 heteroatoms. The van der Waals surface area contributed by atoms with Gasteiger partial charge in [-0.2, -0.15) is 0 Å². The first-order valence-electron chi connectivity index (χ1n) is 5.20. The summed E-state index contributed by atoms with van der Waals surface area (Å²) >= 11 is 3.37. The molecule has 0 aliphatic carbocycles. The molecule has 0 saturated heterocycles. The largest absolute Gasteiger partial charge is 0.478 e. The summed E-state index contributed by atoms with van der Waals surface area (Å²) in [5, 5.41) is 12.6. The first-order valence-corrected chi connectivity index (χ1v) is 5.99. The van der Waals surface area contributed by atoms with Crippen molar-refractivity contribution in [3.63, 3.8) is 0 Å². The average Bonchev–Trinajstić information content (AvgIpc) is 2.97. The molecule has 0 fully saturated rings. The second-order valence-electron chi connectivity index (χ2n) is 3.87. The number of benzene rings is 1. The lowest BCUT2D eigenvalue weighted by Crippen LogP contribution is -2.19. The summed E-state index contributed by atoms with van der Waals surface area (Å²) in [6.07, 6.45) is -0.675. The summed E-state index contributed by atoms with van der Waals surface area (Å²) in [7, 11) is 0. The van der Waals surface area contributed by atoms with Crippen molar-refractivity contribution in [1.82, 2.24) is 0 Å². The minimum atomic E-state index is -1.02. The molecule has 1 unspecified atom stereocenters. The molecule has 0 spiro atoms. The van der Waals surface area contributed by atoms with Crippen LogP contribution >= 0.6 is 15.9 Å². The Kier molecular flexibility index (Phi) is 2.62. The van der Waals surface area contributed by atoms with Gasteiger partial charge in [0.1, 0.15) is 0 Å². The van der Waals surface area contributed by atoms with Gasteiger partial charge in [0.25, 0.3) is 0 Å². The molecule has 94 valence electrons. The zero-order chi connectivity index (χ0) is 12.7. The number of rotatable bonds is 2. The van der Waals surface area contributed by atoms with Crippen LogP contribution in [0.15, 0.2) is 21.8 Å². The summed E-state index contributed by atoms with van der Waals surface area (Å²) in [6.45, 7) is 0.179. The smallest absolute Gasteiger partial charge is 0.348 e. The van der Waals surface area contributed by atoms with Gasteiger partial charge < -0.3 is 19.4 Å². The fourth-order valence-corrected chi connectivity index (χ4v) is 2.37. The third kappa shape index (κ3) is 1.80. The molecular formula is C11H8BrNO5. The van der Waals surface area contributed by atoms with Crippen molar-refractivity contribution in [2.45, 2.75) is 12.5 Å². The fraction of sp³-hybridized carbons (Fsp3) is 0.273. The van der Waals surface area contributed by atoms with Crippen LogP contribution in [0, 0.1) is 0 Å². The van der Waals surface area contributed by atoms with Crippen LogP contribution in [0.3, 0.4) is 0 Å². The van der Waals surface area contributed by atoms with Crippen molar-refractivity contribution in [3.8, 4) is 11.5 Å². The third-order valence-corrected chi connectivity index (χ3v) is 3.29. The molecular weight excluding hydrogens is 306 g/mol. The van der Waals surface area contributed by atoms with Gasteiger partial charge in [0.2, 0.25) is 12.9 Å². The zero-order valence-electron chi connectivity index (χ0n) is 9.05. The van der Waals surface area contributed by atoms with E-state index in [2.05, 4.69) is 21.1 Å². The number of ether oxygens (including phenoxy) is 2. The number of oxime groups is 1. The second kappa shape index (κ2) is 4.16. The Balaban J connectivity index is 1.90. The van der Waals surface area contributed by atoms with Gasteiger partial charge in [-0.1, -0.05) is 5.16 Å². The fourth-order valence-electron chi connectivity index (χ4n) is 1.81. The number of halogens is 1. The third-order valence-electron chi connectivity index (χ3n) is 2.70. The monoisotopic (exact) mass is 313 g/mol. The molecule has 1 aromatic rings. The van der Waals surface area contributed by atoms with Crippen LogP contribution in [0.4, 0.5) is 0 Å². The van der Waals surface area contributed by atoms with E-state index in [1.165, 1.54) is 0 Å². The summed E-state index contributed by atoms with van der Waals surface area (Å²) in [5.74, 6) is 0.238. The SMILES string of the molecule is O=C(O)C1CC(c2cc(Br)c3c(c2)OCO3)=NO1. The molecule has 18 heavy (non-hydrogen) atoms. The van der Waals surface area contributed by atoms with E-state index in [4.69, 9.17) is 19.4 Å². The van der Waals surface area contributed by atoms with Gasteiger partial charge in [-0.15, -0.1) is 0 Å². The van der Waals surface area contributed by atoms with Crippen molar-refractivity contribution in [2.24, 2.45) is 5.16 Å². The molecule has 0 bridgehead atoms. The van der Waals surface area contributed by atoms with Crippen LogP contribution in [0.5, 0.6) is 11.5 Å². The predicted octanol–water partition coefficient (Wildman–Crippen LogP) is 1.76. The first kappa shape index (κ1) is 11.3. The summed E-state index contributed by atoms with van der Waals surface area (Å²) in [5.41, 5.74) is 1.34. The second-order valence-corrected chi connectivity index (χ2v) is 4.72. The summed E-state index contributed by atoms with van der Waals surface area (Å²) in [4.78, 5) is 15.6. The molecule has 2 aliphatic rings. The van der Waals surface area contributed by atoms with Gasteiger partial charge in [-0.3, -0.25) is 0 Å². The van der Waals surface area contributed by atoms with Crippen molar-refractivity contribution in [2.75, 3.05) is 6.79 Å². The quantitative estimate of drug-likeness (QED) is 0.900. The first-order chi connectivity index (χ1) is 8.65. The molecule has 1 aromatic carbocycles. The van der Waals surface area contributed by atoms with Crippen LogP contribution < -0.4 is 9.47 Å². The van der Waals surface area contributed by atoms with E-state index < -0.39 is 12.1 Å². The number of nitrogens with zero attached hydrogens (tertiary/aromatic N) is 1. The highest BCUT2D eigenvalue weighted by Crippen LogP contribution is 2.40. The minimum Gasteiger partial charge on any atom is -0.478 e. The molecule has 0 aromatic heterocycles. The van der Waals surface area contributed by atoms with Gasteiger partial charge in [-0.25, -0.2) is 4.79 Å². The molecule has 2 heterocycles. The van der Waals surface area contributed by atoms with Crippen molar-refractivity contribution >= 4 is 27.6 Å². The number of hydrogen-bond acceptors (Lipinski definition) is 5. The number of carbonyl (C=O) groups is 1. The highest BCUT2D eigenvalue weighted by molar-refractivity contribution is 9.10. The molecule has 3 rings (SSSR count). The topological polar surface area (TPSA) is 77.4 Å².